The van der Waals surface area contributed by atoms with Crippen LogP contribution in [0.5, 0.6) is 11.5 Å². The summed E-state index contributed by atoms with van der Waals surface area (Å²) in [7, 11) is 3.31. The third kappa shape index (κ3) is 3.91. The molecule has 1 aromatic rings. The molecule has 0 bridgehead atoms. The lowest BCUT2D eigenvalue weighted by molar-refractivity contribution is 0.389. The average molecular weight is 246 g/mol. The molecule has 0 saturated heterocycles. The molecule has 92 valence electrons. The largest absolute Gasteiger partial charge is 0.497 e. The molecule has 0 aliphatic heterocycles. The Labute approximate surface area is 103 Å². The fourth-order valence-electron chi connectivity index (χ4n) is 1.45. The molecule has 0 fully saturated rings. The second-order valence-corrected chi connectivity index (χ2v) is 3.55. The molecule has 16 heavy (non-hydrogen) atoms. The molecule has 0 saturated carbocycles. The number of halogens is 1. The maximum absolute atomic E-state index is 5.91. The molecule has 0 aliphatic rings. The van der Waals surface area contributed by atoms with Gasteiger partial charge in [0, 0.05) is 12.1 Å². The topological polar surface area (TPSA) is 44.5 Å². The predicted molar refractivity (Wildman–Crippen MR) is 68.8 cm³/mol. The maximum Gasteiger partial charge on any atom is 0.125 e. The van der Waals surface area contributed by atoms with Crippen LogP contribution in [0.4, 0.5) is 0 Å². The van der Waals surface area contributed by atoms with Crippen LogP contribution < -0.4 is 15.2 Å². The number of methoxy groups -OCH3 is 2. The van der Waals surface area contributed by atoms with Crippen LogP contribution in [0, 0.1) is 0 Å². The zero-order valence-corrected chi connectivity index (χ0v) is 10.8. The first-order chi connectivity index (χ1) is 7.21. The van der Waals surface area contributed by atoms with E-state index in [4.69, 9.17) is 15.2 Å². The van der Waals surface area contributed by atoms with Gasteiger partial charge in [-0.1, -0.05) is 13.0 Å². The van der Waals surface area contributed by atoms with E-state index in [1.165, 1.54) is 0 Å². The van der Waals surface area contributed by atoms with Crippen molar-refractivity contribution in [2.24, 2.45) is 5.73 Å². The van der Waals surface area contributed by atoms with Crippen molar-refractivity contribution in [3.8, 4) is 11.5 Å². The van der Waals surface area contributed by atoms with Crippen molar-refractivity contribution in [1.29, 1.82) is 0 Å². The van der Waals surface area contributed by atoms with Gasteiger partial charge in [0.1, 0.15) is 11.5 Å². The Morgan fingerprint density at radius 3 is 2.44 bits per heavy atom. The molecule has 4 heteroatoms. The van der Waals surface area contributed by atoms with E-state index in [2.05, 4.69) is 6.92 Å². The van der Waals surface area contributed by atoms with Gasteiger partial charge >= 0.3 is 0 Å². The molecule has 1 aromatic carbocycles. The lowest BCUT2D eigenvalue weighted by Crippen LogP contribution is -2.21. The lowest BCUT2D eigenvalue weighted by Gasteiger charge is -2.13. The van der Waals surface area contributed by atoms with Crippen LogP contribution >= 0.6 is 12.4 Å². The molecule has 0 heterocycles. The van der Waals surface area contributed by atoms with E-state index in [1.807, 2.05) is 18.2 Å². The normalized spacial score (nSPS) is 11.5. The van der Waals surface area contributed by atoms with Crippen LogP contribution in [0.3, 0.4) is 0 Å². The minimum atomic E-state index is 0. The molecule has 0 amide bonds. The number of nitrogens with two attached hydrogens (primary N) is 1. The molecule has 0 radical (unpaired) electrons. The highest BCUT2D eigenvalue weighted by Crippen LogP contribution is 2.25. The summed E-state index contributed by atoms with van der Waals surface area (Å²) in [6.07, 6.45) is 1.80. The molecule has 1 atom stereocenters. The predicted octanol–water partition coefficient (Wildman–Crippen LogP) is 2.41. The summed E-state index contributed by atoms with van der Waals surface area (Å²) >= 11 is 0. The highest BCUT2D eigenvalue weighted by molar-refractivity contribution is 5.85. The first kappa shape index (κ1) is 15.1. The van der Waals surface area contributed by atoms with Crippen molar-refractivity contribution in [3.05, 3.63) is 23.8 Å². The zero-order chi connectivity index (χ0) is 11.3. The molecule has 0 aliphatic carbocycles. The summed E-state index contributed by atoms with van der Waals surface area (Å²) in [6.45, 7) is 2.08. The summed E-state index contributed by atoms with van der Waals surface area (Å²) in [6, 6.07) is 6.01. The Kier molecular flexibility index (Phi) is 6.93. The van der Waals surface area contributed by atoms with Crippen molar-refractivity contribution < 1.29 is 9.47 Å². The van der Waals surface area contributed by atoms with E-state index in [9.17, 15) is 0 Å². The Balaban J connectivity index is 0.00000225. The molecular weight excluding hydrogens is 226 g/mol. The van der Waals surface area contributed by atoms with Crippen LogP contribution in [0.15, 0.2) is 18.2 Å². The Morgan fingerprint density at radius 2 is 1.94 bits per heavy atom. The summed E-state index contributed by atoms with van der Waals surface area (Å²) in [5, 5.41) is 0. The minimum absolute atomic E-state index is 0. The van der Waals surface area contributed by atoms with Crippen LogP contribution in [-0.4, -0.2) is 20.3 Å². The van der Waals surface area contributed by atoms with E-state index < -0.39 is 0 Å². The van der Waals surface area contributed by atoms with Gasteiger partial charge in [-0.15, -0.1) is 12.4 Å². The van der Waals surface area contributed by atoms with Crippen molar-refractivity contribution in [2.75, 3.05) is 14.2 Å². The smallest absolute Gasteiger partial charge is 0.125 e. The Morgan fingerprint density at radius 1 is 1.25 bits per heavy atom. The molecule has 1 unspecified atom stereocenters. The monoisotopic (exact) mass is 245 g/mol. The van der Waals surface area contributed by atoms with Gasteiger partial charge in [0.15, 0.2) is 0 Å². The first-order valence-electron chi connectivity index (χ1n) is 5.17. The van der Waals surface area contributed by atoms with E-state index in [0.29, 0.717) is 0 Å². The number of benzene rings is 1. The van der Waals surface area contributed by atoms with Crippen LogP contribution in [0.25, 0.3) is 0 Å². The SMILES string of the molecule is CCC(N)Cc1ccc(OC)cc1OC.Cl. The average Bonchev–Trinajstić information content (AvgIpc) is 2.29. The number of rotatable bonds is 5. The third-order valence-electron chi connectivity index (χ3n) is 2.50. The molecule has 0 spiro atoms. The minimum Gasteiger partial charge on any atom is -0.497 e. The van der Waals surface area contributed by atoms with E-state index in [1.54, 1.807) is 14.2 Å². The fraction of sp³-hybridized carbons (Fsp3) is 0.500. The quantitative estimate of drug-likeness (QED) is 0.867. The van der Waals surface area contributed by atoms with E-state index in [-0.39, 0.29) is 18.4 Å². The van der Waals surface area contributed by atoms with Crippen molar-refractivity contribution in [1.82, 2.24) is 0 Å². The highest BCUT2D eigenvalue weighted by atomic mass is 35.5. The van der Waals surface area contributed by atoms with Crippen molar-refractivity contribution in [2.45, 2.75) is 25.8 Å². The van der Waals surface area contributed by atoms with Crippen molar-refractivity contribution >= 4 is 12.4 Å². The maximum atomic E-state index is 5.91. The fourth-order valence-corrected chi connectivity index (χ4v) is 1.45. The van der Waals surface area contributed by atoms with Crippen LogP contribution in [0.1, 0.15) is 18.9 Å². The van der Waals surface area contributed by atoms with Gasteiger partial charge in [0.25, 0.3) is 0 Å². The van der Waals surface area contributed by atoms with Crippen LogP contribution in [0.2, 0.25) is 0 Å². The first-order valence-corrected chi connectivity index (χ1v) is 5.17. The Hall–Kier alpha value is -0.930. The highest BCUT2D eigenvalue weighted by Gasteiger charge is 2.08. The van der Waals surface area contributed by atoms with Gasteiger partial charge in [-0.05, 0) is 24.5 Å². The standard InChI is InChI=1S/C12H19NO2.ClH/c1-4-10(13)7-9-5-6-11(14-2)8-12(9)15-3;/h5-6,8,10H,4,7,13H2,1-3H3;1H. The van der Waals surface area contributed by atoms with E-state index >= 15 is 0 Å². The molecule has 2 N–H and O–H groups in total. The zero-order valence-electron chi connectivity index (χ0n) is 10.0. The lowest BCUT2D eigenvalue weighted by atomic mass is 10.0. The second-order valence-electron chi connectivity index (χ2n) is 3.55. The van der Waals surface area contributed by atoms with Gasteiger partial charge in [0.2, 0.25) is 0 Å². The third-order valence-corrected chi connectivity index (χ3v) is 2.50. The second kappa shape index (κ2) is 7.36. The van der Waals surface area contributed by atoms with Crippen LogP contribution in [-0.2, 0) is 6.42 Å². The van der Waals surface area contributed by atoms with Gasteiger partial charge in [0.05, 0.1) is 14.2 Å². The van der Waals surface area contributed by atoms with Gasteiger partial charge in [-0.3, -0.25) is 0 Å². The van der Waals surface area contributed by atoms with Crippen molar-refractivity contribution in [3.63, 3.8) is 0 Å². The number of ether oxygens (including phenoxy) is 2. The summed E-state index contributed by atoms with van der Waals surface area (Å²) in [5.41, 5.74) is 7.04. The number of hydrogen-bond acceptors (Lipinski definition) is 3. The van der Waals surface area contributed by atoms with Gasteiger partial charge < -0.3 is 15.2 Å². The summed E-state index contributed by atoms with van der Waals surface area (Å²) in [5.74, 6) is 1.65. The number of hydrogen-bond donors (Lipinski definition) is 1. The Bertz CT molecular complexity index is 318. The molecular formula is C12H20ClNO2. The summed E-state index contributed by atoms with van der Waals surface area (Å²) < 4.78 is 10.4. The van der Waals surface area contributed by atoms with E-state index in [0.717, 1.165) is 29.9 Å². The molecule has 3 nitrogen and oxygen atoms in total. The summed E-state index contributed by atoms with van der Waals surface area (Å²) in [4.78, 5) is 0. The molecule has 0 aromatic heterocycles. The van der Waals surface area contributed by atoms with Gasteiger partial charge in [-0.2, -0.15) is 0 Å². The molecule has 1 rings (SSSR count). The van der Waals surface area contributed by atoms with Gasteiger partial charge in [-0.25, -0.2) is 0 Å².